The fourth-order valence-electron chi connectivity index (χ4n) is 2.43. The molecule has 3 heteroatoms. The lowest BCUT2D eigenvalue weighted by Crippen LogP contribution is -2.47. The number of methoxy groups -OCH3 is 1. The number of nitrogens with zero attached hydrogens (tertiary/aromatic N) is 1. The minimum atomic E-state index is 0.854. The molecule has 3 nitrogen and oxygen atoms in total. The van der Waals surface area contributed by atoms with Gasteiger partial charge in [0.1, 0.15) is 5.75 Å². The van der Waals surface area contributed by atoms with E-state index in [2.05, 4.69) is 42.4 Å². The van der Waals surface area contributed by atoms with Crippen LogP contribution in [0.5, 0.6) is 5.75 Å². The molecular formula is C15H24N2O. The Morgan fingerprint density at radius 2 is 2.17 bits per heavy atom. The van der Waals surface area contributed by atoms with Gasteiger partial charge in [0.15, 0.2) is 0 Å². The zero-order chi connectivity index (χ0) is 13.0. The zero-order valence-electron chi connectivity index (χ0n) is 11.7. The van der Waals surface area contributed by atoms with E-state index >= 15 is 0 Å². The van der Waals surface area contributed by atoms with Crippen molar-refractivity contribution in [2.75, 3.05) is 40.3 Å². The summed E-state index contributed by atoms with van der Waals surface area (Å²) in [7, 11) is 3.94. The number of likely N-dealkylation sites (N-methyl/N-ethyl adjacent to an activating group) is 1. The Labute approximate surface area is 110 Å². The van der Waals surface area contributed by atoms with E-state index in [-0.39, 0.29) is 0 Å². The molecule has 0 saturated carbocycles. The lowest BCUT2D eigenvalue weighted by Gasteiger charge is -2.31. The summed E-state index contributed by atoms with van der Waals surface area (Å²) in [4.78, 5) is 2.44. The molecule has 1 fully saturated rings. The lowest BCUT2D eigenvalue weighted by molar-refractivity contribution is 0.226. The Morgan fingerprint density at radius 3 is 2.72 bits per heavy atom. The Hall–Kier alpha value is -1.06. The van der Waals surface area contributed by atoms with Crippen molar-refractivity contribution in [3.8, 4) is 5.75 Å². The molecule has 0 amide bonds. The van der Waals surface area contributed by atoms with Gasteiger partial charge in [-0.25, -0.2) is 0 Å². The summed E-state index contributed by atoms with van der Waals surface area (Å²) in [5.74, 6) is 1.83. The van der Waals surface area contributed by atoms with Gasteiger partial charge in [-0.05, 0) is 43.5 Å². The van der Waals surface area contributed by atoms with Gasteiger partial charge in [-0.2, -0.15) is 0 Å². The first-order chi connectivity index (χ1) is 8.69. The molecule has 1 heterocycles. The van der Waals surface area contributed by atoms with Crippen LogP contribution < -0.4 is 10.1 Å². The molecule has 0 aliphatic carbocycles. The van der Waals surface area contributed by atoms with Crippen molar-refractivity contribution in [2.45, 2.75) is 13.3 Å². The minimum absolute atomic E-state index is 0.854. The van der Waals surface area contributed by atoms with Gasteiger partial charge in [-0.1, -0.05) is 12.1 Å². The molecule has 2 rings (SSSR count). The van der Waals surface area contributed by atoms with Gasteiger partial charge in [0.05, 0.1) is 7.11 Å². The van der Waals surface area contributed by atoms with Gasteiger partial charge in [-0.3, -0.25) is 0 Å². The maximum absolute atomic E-state index is 5.28. The second-order valence-electron chi connectivity index (χ2n) is 5.34. The Morgan fingerprint density at radius 1 is 1.39 bits per heavy atom. The molecule has 0 bridgehead atoms. The van der Waals surface area contributed by atoms with E-state index in [9.17, 15) is 0 Å². The Kier molecular flexibility index (Phi) is 4.61. The largest absolute Gasteiger partial charge is 0.496 e. The molecule has 18 heavy (non-hydrogen) atoms. The molecule has 1 aliphatic rings. The highest BCUT2D eigenvalue weighted by Crippen LogP contribution is 2.18. The van der Waals surface area contributed by atoms with Crippen LogP contribution in [-0.2, 0) is 6.42 Å². The van der Waals surface area contributed by atoms with Crippen LogP contribution in [0.3, 0.4) is 0 Å². The van der Waals surface area contributed by atoms with Gasteiger partial charge in [0.25, 0.3) is 0 Å². The van der Waals surface area contributed by atoms with Crippen molar-refractivity contribution >= 4 is 0 Å². The summed E-state index contributed by atoms with van der Waals surface area (Å²) < 4.78 is 5.28. The van der Waals surface area contributed by atoms with Crippen molar-refractivity contribution in [3.63, 3.8) is 0 Å². The molecule has 0 spiro atoms. The van der Waals surface area contributed by atoms with E-state index in [0.29, 0.717) is 0 Å². The van der Waals surface area contributed by atoms with E-state index in [4.69, 9.17) is 4.74 Å². The van der Waals surface area contributed by atoms with Gasteiger partial charge < -0.3 is 15.0 Å². The highest BCUT2D eigenvalue weighted by molar-refractivity contribution is 5.36. The van der Waals surface area contributed by atoms with E-state index in [1.54, 1.807) is 7.11 Å². The average molecular weight is 248 g/mol. The third kappa shape index (κ3) is 3.47. The summed E-state index contributed by atoms with van der Waals surface area (Å²) >= 11 is 0. The highest BCUT2D eigenvalue weighted by atomic mass is 16.5. The van der Waals surface area contributed by atoms with E-state index in [1.807, 2.05) is 0 Å². The van der Waals surface area contributed by atoms with E-state index in [1.165, 1.54) is 30.8 Å². The van der Waals surface area contributed by atoms with Gasteiger partial charge in [0.2, 0.25) is 0 Å². The predicted molar refractivity (Wildman–Crippen MR) is 75.3 cm³/mol. The Balaban J connectivity index is 1.79. The molecule has 1 aromatic carbocycles. The topological polar surface area (TPSA) is 24.5 Å². The number of hydrogen-bond donors (Lipinski definition) is 1. The standard InChI is InChI=1S/C15H24N2O/c1-12-8-13(4-5-15(12)18-3)6-7-17(2)11-14-9-16-10-14/h4-5,8,14,16H,6-7,9-11H2,1-3H3. The number of rotatable bonds is 6. The Bertz CT molecular complexity index is 388. The third-order valence-electron chi connectivity index (χ3n) is 3.68. The van der Waals surface area contributed by atoms with Crippen LogP contribution in [0.15, 0.2) is 18.2 Å². The summed E-state index contributed by atoms with van der Waals surface area (Å²) in [5.41, 5.74) is 2.62. The highest BCUT2D eigenvalue weighted by Gasteiger charge is 2.17. The SMILES string of the molecule is COc1ccc(CCN(C)CC2CNC2)cc1C. The number of ether oxygens (including phenoxy) is 1. The second-order valence-corrected chi connectivity index (χ2v) is 5.34. The summed E-state index contributed by atoms with van der Waals surface area (Å²) in [6, 6.07) is 6.47. The van der Waals surface area contributed by atoms with Crippen LogP contribution in [0.25, 0.3) is 0 Å². The van der Waals surface area contributed by atoms with Gasteiger partial charge >= 0.3 is 0 Å². The molecule has 1 saturated heterocycles. The monoisotopic (exact) mass is 248 g/mol. The quantitative estimate of drug-likeness (QED) is 0.829. The molecule has 1 N–H and O–H groups in total. The first-order valence-corrected chi connectivity index (χ1v) is 6.72. The van der Waals surface area contributed by atoms with Crippen LogP contribution in [0.4, 0.5) is 0 Å². The number of aryl methyl sites for hydroxylation is 1. The molecule has 100 valence electrons. The fourth-order valence-corrected chi connectivity index (χ4v) is 2.43. The minimum Gasteiger partial charge on any atom is -0.496 e. The fraction of sp³-hybridized carbons (Fsp3) is 0.600. The van der Waals surface area contributed by atoms with Crippen molar-refractivity contribution in [2.24, 2.45) is 5.92 Å². The van der Waals surface area contributed by atoms with Crippen molar-refractivity contribution in [1.29, 1.82) is 0 Å². The number of nitrogens with one attached hydrogen (secondary N) is 1. The summed E-state index contributed by atoms with van der Waals surface area (Å²) in [6.45, 7) is 6.81. The van der Waals surface area contributed by atoms with Gasteiger partial charge in [0, 0.05) is 26.2 Å². The van der Waals surface area contributed by atoms with Crippen LogP contribution in [0, 0.1) is 12.8 Å². The maximum atomic E-state index is 5.28. The first kappa shape index (κ1) is 13.4. The number of hydrogen-bond acceptors (Lipinski definition) is 3. The number of benzene rings is 1. The molecular weight excluding hydrogens is 224 g/mol. The van der Waals surface area contributed by atoms with Crippen molar-refractivity contribution in [1.82, 2.24) is 10.2 Å². The maximum Gasteiger partial charge on any atom is 0.121 e. The average Bonchev–Trinajstić information content (AvgIpc) is 2.31. The molecule has 0 atom stereocenters. The molecule has 1 aromatic rings. The zero-order valence-corrected chi connectivity index (χ0v) is 11.7. The molecule has 0 unspecified atom stereocenters. The van der Waals surface area contributed by atoms with E-state index < -0.39 is 0 Å². The summed E-state index contributed by atoms with van der Waals surface area (Å²) in [5, 5.41) is 3.32. The molecule has 0 radical (unpaired) electrons. The molecule has 1 aliphatic heterocycles. The van der Waals surface area contributed by atoms with Crippen LogP contribution >= 0.6 is 0 Å². The molecule has 0 aromatic heterocycles. The van der Waals surface area contributed by atoms with Crippen LogP contribution in [0.2, 0.25) is 0 Å². The second kappa shape index (κ2) is 6.21. The summed E-state index contributed by atoms with van der Waals surface area (Å²) in [6.07, 6.45) is 1.11. The van der Waals surface area contributed by atoms with Crippen LogP contribution in [-0.4, -0.2) is 45.2 Å². The predicted octanol–water partition coefficient (Wildman–Crippen LogP) is 1.70. The lowest BCUT2D eigenvalue weighted by atomic mass is 10.0. The van der Waals surface area contributed by atoms with E-state index in [0.717, 1.165) is 24.6 Å². The first-order valence-electron chi connectivity index (χ1n) is 6.72. The smallest absolute Gasteiger partial charge is 0.121 e. The third-order valence-corrected chi connectivity index (χ3v) is 3.68. The van der Waals surface area contributed by atoms with Crippen molar-refractivity contribution in [3.05, 3.63) is 29.3 Å². The van der Waals surface area contributed by atoms with Crippen LogP contribution in [0.1, 0.15) is 11.1 Å². The van der Waals surface area contributed by atoms with Gasteiger partial charge in [-0.15, -0.1) is 0 Å². The normalized spacial score (nSPS) is 15.8. The van der Waals surface area contributed by atoms with Crippen molar-refractivity contribution < 1.29 is 4.74 Å².